The quantitative estimate of drug-likeness (QED) is 0.283. The Bertz CT molecular complexity index is 1540. The lowest BCUT2D eigenvalue weighted by atomic mass is 10.0. The van der Waals surface area contributed by atoms with Gasteiger partial charge in [-0.1, -0.05) is 60.2 Å². The number of aryl methyl sites for hydroxylation is 1. The van der Waals surface area contributed by atoms with Crippen molar-refractivity contribution in [1.82, 2.24) is 15.2 Å². The minimum Gasteiger partial charge on any atom is -0.422 e. The van der Waals surface area contributed by atoms with E-state index in [-0.39, 0.29) is 0 Å². The number of nitrogens with zero attached hydrogens (tertiary/aromatic N) is 4. The van der Waals surface area contributed by atoms with E-state index >= 15 is 0 Å². The number of anilines is 1. The number of benzene rings is 3. The third-order valence-corrected chi connectivity index (χ3v) is 6.15. The molecule has 0 aliphatic carbocycles. The molecule has 0 amide bonds. The van der Waals surface area contributed by atoms with Crippen molar-refractivity contribution in [1.29, 1.82) is 0 Å². The summed E-state index contributed by atoms with van der Waals surface area (Å²) >= 11 is 0. The molecule has 2 aromatic heterocycles. The fourth-order valence-corrected chi connectivity index (χ4v) is 4.18. The minimum absolute atomic E-state index is 0.357. The van der Waals surface area contributed by atoms with E-state index in [2.05, 4.69) is 28.9 Å². The predicted molar refractivity (Wildman–Crippen MR) is 140 cm³/mol. The summed E-state index contributed by atoms with van der Waals surface area (Å²) in [6.45, 7) is 7.98. The van der Waals surface area contributed by atoms with Crippen molar-refractivity contribution in [2.45, 2.75) is 20.8 Å². The molecule has 0 unspecified atom stereocenters. The molecule has 6 nitrogen and oxygen atoms in total. The molecule has 0 fully saturated rings. The highest BCUT2D eigenvalue weighted by atomic mass is 16.4. The summed E-state index contributed by atoms with van der Waals surface area (Å²) in [4.78, 5) is 20.3. The predicted octanol–water partition coefficient (Wildman–Crippen LogP) is 6.13. The Morgan fingerprint density at radius 1 is 0.800 bits per heavy atom. The van der Waals surface area contributed by atoms with Crippen LogP contribution in [0.5, 0.6) is 0 Å². The summed E-state index contributed by atoms with van der Waals surface area (Å²) in [6, 6.07) is 25.3. The Morgan fingerprint density at radius 3 is 2.26 bits per heavy atom. The van der Waals surface area contributed by atoms with Crippen molar-refractivity contribution in [2.24, 2.45) is 0 Å². The fourth-order valence-electron chi connectivity index (χ4n) is 4.18. The molecule has 0 spiro atoms. The van der Waals surface area contributed by atoms with Crippen molar-refractivity contribution in [3.63, 3.8) is 0 Å². The summed E-state index contributed by atoms with van der Waals surface area (Å²) in [7, 11) is 0. The Balaban J connectivity index is 1.71. The van der Waals surface area contributed by atoms with E-state index < -0.39 is 5.63 Å². The van der Waals surface area contributed by atoms with E-state index in [0.717, 1.165) is 40.9 Å². The molecule has 2 heterocycles. The van der Waals surface area contributed by atoms with Crippen LogP contribution in [0.1, 0.15) is 19.4 Å². The number of rotatable bonds is 6. The second-order valence-electron chi connectivity index (χ2n) is 8.41. The van der Waals surface area contributed by atoms with Crippen molar-refractivity contribution >= 4 is 16.7 Å². The molecular weight excluding hydrogens is 436 g/mol. The zero-order valence-corrected chi connectivity index (χ0v) is 20.0. The Morgan fingerprint density at radius 2 is 1.54 bits per heavy atom. The average molecular weight is 463 g/mol. The van der Waals surface area contributed by atoms with E-state index in [0.29, 0.717) is 28.4 Å². The van der Waals surface area contributed by atoms with Crippen LogP contribution in [0.3, 0.4) is 0 Å². The lowest BCUT2D eigenvalue weighted by Crippen LogP contribution is -2.21. The maximum atomic E-state index is 13.3. The van der Waals surface area contributed by atoms with Gasteiger partial charge in [-0.25, -0.2) is 9.78 Å². The van der Waals surface area contributed by atoms with Crippen LogP contribution in [-0.4, -0.2) is 28.3 Å². The molecule has 6 heteroatoms. The fraction of sp³-hybridized carbons (Fsp3) is 0.172. The van der Waals surface area contributed by atoms with Crippen LogP contribution < -0.4 is 10.5 Å². The maximum Gasteiger partial charge on any atom is 0.345 e. The molecule has 5 rings (SSSR count). The van der Waals surface area contributed by atoms with Gasteiger partial charge in [-0.3, -0.25) is 0 Å². The molecule has 3 aromatic carbocycles. The second-order valence-corrected chi connectivity index (χ2v) is 8.41. The molecule has 35 heavy (non-hydrogen) atoms. The van der Waals surface area contributed by atoms with Crippen LogP contribution in [0.25, 0.3) is 44.9 Å². The van der Waals surface area contributed by atoms with Gasteiger partial charge in [0, 0.05) is 41.4 Å². The van der Waals surface area contributed by atoms with Gasteiger partial charge in [-0.05, 0) is 39.0 Å². The van der Waals surface area contributed by atoms with Gasteiger partial charge in [0.2, 0.25) is 0 Å². The first-order valence-corrected chi connectivity index (χ1v) is 11.8. The zero-order valence-electron chi connectivity index (χ0n) is 20.0. The van der Waals surface area contributed by atoms with Gasteiger partial charge in [0.25, 0.3) is 0 Å². The first-order valence-electron chi connectivity index (χ1n) is 11.8. The standard InChI is InChI=1S/C29H26N4O2/c1-4-33(5-2)23-16-15-22-17-24(29(34)35-25(22)18-23)27-26(20-13-11-19(3)12-14-20)31-32-28(30-27)21-9-7-6-8-10-21/h6-18H,4-5H2,1-3H3. The highest BCUT2D eigenvalue weighted by Gasteiger charge is 2.19. The molecule has 0 aliphatic rings. The van der Waals surface area contributed by atoms with Crippen LogP contribution in [0.4, 0.5) is 5.69 Å². The van der Waals surface area contributed by atoms with E-state index in [9.17, 15) is 4.79 Å². The van der Waals surface area contributed by atoms with Gasteiger partial charge in [-0.2, -0.15) is 0 Å². The van der Waals surface area contributed by atoms with Gasteiger partial charge in [0.05, 0.1) is 5.56 Å². The van der Waals surface area contributed by atoms with Crippen molar-refractivity contribution in [3.8, 4) is 33.9 Å². The van der Waals surface area contributed by atoms with Crippen molar-refractivity contribution in [3.05, 3.63) is 94.8 Å². The Labute approximate surface area is 203 Å². The normalized spacial score (nSPS) is 11.1. The first-order chi connectivity index (χ1) is 17.1. The van der Waals surface area contributed by atoms with Crippen LogP contribution in [0.15, 0.2) is 88.1 Å². The third kappa shape index (κ3) is 4.43. The maximum absolute atomic E-state index is 13.3. The number of hydrogen-bond acceptors (Lipinski definition) is 6. The minimum atomic E-state index is -0.456. The Hall–Kier alpha value is -4.32. The van der Waals surface area contributed by atoms with Crippen LogP contribution in [-0.2, 0) is 0 Å². The van der Waals surface area contributed by atoms with Crippen LogP contribution in [0.2, 0.25) is 0 Å². The van der Waals surface area contributed by atoms with Gasteiger partial charge in [0.1, 0.15) is 17.0 Å². The molecule has 0 radical (unpaired) electrons. The van der Waals surface area contributed by atoms with Crippen molar-refractivity contribution in [2.75, 3.05) is 18.0 Å². The van der Waals surface area contributed by atoms with Gasteiger partial charge >= 0.3 is 5.63 Å². The molecule has 0 aliphatic heterocycles. The van der Waals surface area contributed by atoms with Gasteiger partial charge < -0.3 is 9.32 Å². The van der Waals surface area contributed by atoms with E-state index in [1.807, 2.05) is 85.8 Å². The highest BCUT2D eigenvalue weighted by Crippen LogP contribution is 2.31. The lowest BCUT2D eigenvalue weighted by molar-refractivity contribution is 0.563. The zero-order chi connectivity index (χ0) is 24.4. The molecule has 0 saturated carbocycles. The second kappa shape index (κ2) is 9.50. The van der Waals surface area contributed by atoms with Gasteiger partial charge in [-0.15, -0.1) is 10.2 Å². The molecule has 0 bridgehead atoms. The lowest BCUT2D eigenvalue weighted by Gasteiger charge is -2.21. The summed E-state index contributed by atoms with van der Waals surface area (Å²) in [5.41, 5.74) is 5.25. The van der Waals surface area contributed by atoms with Crippen LogP contribution >= 0.6 is 0 Å². The number of aromatic nitrogens is 3. The molecule has 174 valence electrons. The third-order valence-electron chi connectivity index (χ3n) is 6.15. The van der Waals surface area contributed by atoms with Gasteiger partial charge in [0.15, 0.2) is 5.82 Å². The van der Waals surface area contributed by atoms with Crippen LogP contribution in [0, 0.1) is 6.92 Å². The molecule has 0 atom stereocenters. The first kappa shape index (κ1) is 22.5. The van der Waals surface area contributed by atoms with Crippen molar-refractivity contribution < 1.29 is 4.42 Å². The average Bonchev–Trinajstić information content (AvgIpc) is 2.90. The smallest absolute Gasteiger partial charge is 0.345 e. The monoisotopic (exact) mass is 462 g/mol. The molecule has 0 N–H and O–H groups in total. The van der Waals surface area contributed by atoms with E-state index in [1.54, 1.807) is 0 Å². The topological polar surface area (TPSA) is 72.1 Å². The highest BCUT2D eigenvalue weighted by molar-refractivity contribution is 5.87. The van der Waals surface area contributed by atoms with E-state index in [4.69, 9.17) is 9.40 Å². The summed E-state index contributed by atoms with van der Waals surface area (Å²) in [6.07, 6.45) is 0. The van der Waals surface area contributed by atoms with E-state index in [1.165, 1.54) is 0 Å². The molecule has 0 saturated heterocycles. The largest absolute Gasteiger partial charge is 0.422 e. The molecule has 5 aromatic rings. The summed E-state index contributed by atoms with van der Waals surface area (Å²) in [5.74, 6) is 0.452. The summed E-state index contributed by atoms with van der Waals surface area (Å²) < 4.78 is 5.81. The SMILES string of the molecule is CCN(CC)c1ccc2cc(-c3nc(-c4ccccc4)nnc3-c3ccc(C)cc3)c(=O)oc2c1. The Kier molecular flexibility index (Phi) is 6.10. The number of fused-ring (bicyclic) bond motifs is 1. The summed E-state index contributed by atoms with van der Waals surface area (Å²) in [5, 5.41) is 9.71. The molecular formula is C29H26N4O2. The number of hydrogen-bond donors (Lipinski definition) is 0.